The maximum Gasteiger partial charge on any atom is 0.162 e. The van der Waals surface area contributed by atoms with E-state index in [1.54, 1.807) is 17.4 Å². The van der Waals surface area contributed by atoms with Crippen LogP contribution in [0.4, 0.5) is 5.82 Å². The smallest absolute Gasteiger partial charge is 0.162 e. The van der Waals surface area contributed by atoms with Crippen molar-refractivity contribution in [3.63, 3.8) is 0 Å². The van der Waals surface area contributed by atoms with Gasteiger partial charge in [-0.15, -0.1) is 21.5 Å². The van der Waals surface area contributed by atoms with Crippen LogP contribution in [0.3, 0.4) is 0 Å². The fourth-order valence-corrected chi connectivity index (χ4v) is 2.18. The van der Waals surface area contributed by atoms with Crippen molar-refractivity contribution in [3.05, 3.63) is 22.8 Å². The summed E-state index contributed by atoms with van der Waals surface area (Å²) in [5.41, 5.74) is 4.26. The molecule has 0 saturated heterocycles. The number of hydrogen-bond donors (Lipinski definition) is 2. The van der Waals surface area contributed by atoms with Crippen molar-refractivity contribution < 1.29 is 0 Å². The third-order valence-electron chi connectivity index (χ3n) is 1.95. The molecule has 0 aromatic carbocycles. The summed E-state index contributed by atoms with van der Waals surface area (Å²) < 4.78 is 0. The lowest BCUT2D eigenvalue weighted by Crippen LogP contribution is -2.08. The van der Waals surface area contributed by atoms with Gasteiger partial charge in [0.25, 0.3) is 0 Å². The summed E-state index contributed by atoms with van der Waals surface area (Å²) in [5, 5.41) is 9.02. The molecule has 0 aliphatic rings. The number of rotatable bonds is 2. The van der Waals surface area contributed by atoms with E-state index in [2.05, 4.69) is 20.6 Å². The molecule has 0 aliphatic heterocycles. The molecule has 0 atom stereocenters. The van der Waals surface area contributed by atoms with E-state index in [0.717, 1.165) is 21.3 Å². The van der Waals surface area contributed by atoms with Gasteiger partial charge >= 0.3 is 0 Å². The summed E-state index contributed by atoms with van der Waals surface area (Å²) >= 11 is 1.62. The van der Waals surface area contributed by atoms with Crippen LogP contribution in [0, 0.1) is 13.8 Å². The number of hydrazine groups is 1. The topological polar surface area (TPSA) is 76.7 Å². The Morgan fingerprint density at radius 3 is 2.53 bits per heavy atom. The van der Waals surface area contributed by atoms with E-state index in [1.807, 2.05) is 19.9 Å². The molecule has 0 aliphatic carbocycles. The zero-order chi connectivity index (χ0) is 10.8. The Hall–Kier alpha value is -1.53. The Morgan fingerprint density at radius 2 is 2.07 bits per heavy atom. The Morgan fingerprint density at radius 1 is 1.27 bits per heavy atom. The van der Waals surface area contributed by atoms with Crippen LogP contribution in [0.15, 0.2) is 12.1 Å². The number of nitrogens with two attached hydrogens (primary N) is 1. The molecule has 6 heteroatoms. The second-order valence-corrected chi connectivity index (χ2v) is 4.30. The summed E-state index contributed by atoms with van der Waals surface area (Å²) in [6.45, 7) is 3.94. The minimum Gasteiger partial charge on any atom is -0.307 e. The van der Waals surface area contributed by atoms with Gasteiger partial charge < -0.3 is 5.43 Å². The standard InChI is InChI=1S/C9H11N5S/c1-5-9(15-6(2)11-5)7-3-4-8(12-10)14-13-7/h3-4H,10H2,1-2H3,(H,12,14). The third-order valence-corrected chi connectivity index (χ3v) is 3.04. The number of nitrogens with zero attached hydrogens (tertiary/aromatic N) is 3. The first-order chi connectivity index (χ1) is 7.20. The zero-order valence-electron chi connectivity index (χ0n) is 8.48. The molecule has 0 fully saturated rings. The van der Waals surface area contributed by atoms with E-state index in [4.69, 9.17) is 5.84 Å². The summed E-state index contributed by atoms with van der Waals surface area (Å²) in [6, 6.07) is 3.67. The highest BCUT2D eigenvalue weighted by Gasteiger charge is 2.08. The summed E-state index contributed by atoms with van der Waals surface area (Å²) in [7, 11) is 0. The molecule has 0 amide bonds. The molecular weight excluding hydrogens is 210 g/mol. The van der Waals surface area contributed by atoms with Crippen molar-refractivity contribution in [2.24, 2.45) is 5.84 Å². The van der Waals surface area contributed by atoms with Crippen molar-refractivity contribution in [1.29, 1.82) is 0 Å². The highest BCUT2D eigenvalue weighted by Crippen LogP contribution is 2.27. The van der Waals surface area contributed by atoms with Gasteiger partial charge in [-0.3, -0.25) is 0 Å². The second kappa shape index (κ2) is 3.92. The Labute approximate surface area is 91.3 Å². The number of aromatic nitrogens is 3. The molecule has 5 nitrogen and oxygen atoms in total. The first kappa shape index (κ1) is 10.0. The monoisotopic (exact) mass is 221 g/mol. The van der Waals surface area contributed by atoms with E-state index >= 15 is 0 Å². The van der Waals surface area contributed by atoms with Crippen LogP contribution >= 0.6 is 11.3 Å². The second-order valence-electron chi connectivity index (χ2n) is 3.10. The van der Waals surface area contributed by atoms with Gasteiger partial charge in [0, 0.05) is 0 Å². The van der Waals surface area contributed by atoms with Crippen LogP contribution in [0.5, 0.6) is 0 Å². The molecule has 0 saturated carbocycles. The van der Waals surface area contributed by atoms with Gasteiger partial charge in [0.1, 0.15) is 5.69 Å². The van der Waals surface area contributed by atoms with E-state index in [1.165, 1.54) is 0 Å². The quantitative estimate of drug-likeness (QED) is 0.593. The lowest BCUT2D eigenvalue weighted by Gasteiger charge is -1.99. The average molecular weight is 221 g/mol. The molecule has 2 rings (SSSR count). The fourth-order valence-electron chi connectivity index (χ4n) is 1.30. The fraction of sp³-hybridized carbons (Fsp3) is 0.222. The van der Waals surface area contributed by atoms with Crippen molar-refractivity contribution >= 4 is 17.2 Å². The first-order valence-corrected chi connectivity index (χ1v) is 5.27. The van der Waals surface area contributed by atoms with Gasteiger partial charge in [-0.2, -0.15) is 0 Å². The third kappa shape index (κ3) is 1.95. The number of hydrogen-bond acceptors (Lipinski definition) is 6. The van der Waals surface area contributed by atoms with Gasteiger partial charge in [0.2, 0.25) is 0 Å². The van der Waals surface area contributed by atoms with Crippen molar-refractivity contribution in [2.75, 3.05) is 5.43 Å². The Kier molecular flexibility index (Phi) is 2.61. The normalized spacial score (nSPS) is 10.3. The molecule has 15 heavy (non-hydrogen) atoms. The van der Waals surface area contributed by atoms with Gasteiger partial charge in [0.05, 0.1) is 15.6 Å². The van der Waals surface area contributed by atoms with Crippen LogP contribution < -0.4 is 11.3 Å². The first-order valence-electron chi connectivity index (χ1n) is 4.45. The molecule has 0 spiro atoms. The molecule has 0 unspecified atom stereocenters. The Bertz CT molecular complexity index is 462. The lowest BCUT2D eigenvalue weighted by molar-refractivity contribution is 1.03. The van der Waals surface area contributed by atoms with Crippen LogP contribution in [0.2, 0.25) is 0 Å². The molecule has 2 heterocycles. The predicted molar refractivity (Wildman–Crippen MR) is 60.4 cm³/mol. The van der Waals surface area contributed by atoms with E-state index in [-0.39, 0.29) is 0 Å². The minimum atomic E-state index is 0.553. The predicted octanol–water partition coefficient (Wildman–Crippen LogP) is 1.50. The van der Waals surface area contributed by atoms with E-state index in [9.17, 15) is 0 Å². The van der Waals surface area contributed by atoms with Crippen molar-refractivity contribution in [1.82, 2.24) is 15.2 Å². The van der Waals surface area contributed by atoms with Crippen LogP contribution in [-0.4, -0.2) is 15.2 Å². The van der Waals surface area contributed by atoms with Crippen LogP contribution in [0.1, 0.15) is 10.7 Å². The number of nitrogen functional groups attached to an aromatic ring is 1. The summed E-state index contributed by atoms with van der Waals surface area (Å²) in [6.07, 6.45) is 0. The van der Waals surface area contributed by atoms with E-state index < -0.39 is 0 Å². The number of anilines is 1. The van der Waals surface area contributed by atoms with Gasteiger partial charge in [0.15, 0.2) is 5.82 Å². The molecule has 2 aromatic rings. The largest absolute Gasteiger partial charge is 0.307 e. The highest BCUT2D eigenvalue weighted by atomic mass is 32.1. The van der Waals surface area contributed by atoms with Gasteiger partial charge in [-0.05, 0) is 26.0 Å². The maximum absolute atomic E-state index is 5.21. The van der Waals surface area contributed by atoms with Gasteiger partial charge in [-0.1, -0.05) is 0 Å². The van der Waals surface area contributed by atoms with Gasteiger partial charge in [-0.25, -0.2) is 10.8 Å². The van der Waals surface area contributed by atoms with Crippen LogP contribution in [-0.2, 0) is 0 Å². The van der Waals surface area contributed by atoms with Crippen LogP contribution in [0.25, 0.3) is 10.6 Å². The molecular formula is C9H11N5S. The SMILES string of the molecule is Cc1nc(C)c(-c2ccc(NN)nn2)s1. The number of aryl methyl sites for hydroxylation is 2. The van der Waals surface area contributed by atoms with Crippen molar-refractivity contribution in [3.8, 4) is 10.6 Å². The average Bonchev–Trinajstić information content (AvgIpc) is 2.58. The Balaban J connectivity index is 2.41. The zero-order valence-corrected chi connectivity index (χ0v) is 9.30. The van der Waals surface area contributed by atoms with Crippen molar-refractivity contribution in [2.45, 2.75) is 13.8 Å². The number of nitrogens with one attached hydrogen (secondary N) is 1. The molecule has 78 valence electrons. The molecule has 0 radical (unpaired) electrons. The van der Waals surface area contributed by atoms with E-state index in [0.29, 0.717) is 5.82 Å². The summed E-state index contributed by atoms with van der Waals surface area (Å²) in [4.78, 5) is 5.40. The minimum absolute atomic E-state index is 0.553. The maximum atomic E-state index is 5.21. The molecule has 2 aromatic heterocycles. The molecule has 3 N–H and O–H groups in total. The summed E-state index contributed by atoms with van der Waals surface area (Å²) in [5.74, 6) is 5.76. The lowest BCUT2D eigenvalue weighted by atomic mass is 10.3. The number of thiazole rings is 1. The highest BCUT2D eigenvalue weighted by molar-refractivity contribution is 7.15. The molecule has 0 bridgehead atoms.